The smallest absolute Gasteiger partial charge is 0.252 e. The summed E-state index contributed by atoms with van der Waals surface area (Å²) in [6.45, 7) is 0. The van der Waals surface area contributed by atoms with Gasteiger partial charge in [0, 0.05) is 11.4 Å². The van der Waals surface area contributed by atoms with Crippen molar-refractivity contribution in [1.29, 1.82) is 0 Å². The molecule has 1 amide bonds. The number of hydrogen-bond acceptors (Lipinski definition) is 3. The second kappa shape index (κ2) is 7.77. The van der Waals surface area contributed by atoms with Crippen LogP contribution in [-0.2, 0) is 0 Å². The Kier molecular flexibility index (Phi) is 5.23. The molecule has 1 aromatic carbocycles. The van der Waals surface area contributed by atoms with Crippen molar-refractivity contribution in [3.05, 3.63) is 52.4 Å². The van der Waals surface area contributed by atoms with Crippen molar-refractivity contribution in [3.8, 4) is 10.6 Å². The maximum atomic E-state index is 13.1. The largest absolute Gasteiger partial charge is 0.349 e. The average Bonchev–Trinajstić information content (AvgIpc) is 2.93. The number of nitrogens with one attached hydrogen (secondary N) is 1. The number of nitrogens with zero attached hydrogens (tertiary/aromatic N) is 1. The van der Waals surface area contributed by atoms with E-state index >= 15 is 0 Å². The molecule has 5 heteroatoms. The van der Waals surface area contributed by atoms with Crippen molar-refractivity contribution in [2.75, 3.05) is 0 Å². The molecule has 4 rings (SSSR count). The number of benzene rings is 1. The molecule has 1 aliphatic carbocycles. The summed E-state index contributed by atoms with van der Waals surface area (Å²) in [5.41, 5.74) is 2.33. The Labute approximate surface area is 162 Å². The average molecular weight is 385 g/mol. The molecule has 1 fully saturated rings. The SMILES string of the molecule is O=C(NC1CCCCCC1)c1cc(-c2ccc(Cl)s2)nc2ccccc12. The molecule has 1 aliphatic rings. The first-order valence-electron chi connectivity index (χ1n) is 9.17. The molecule has 3 aromatic rings. The molecule has 3 nitrogen and oxygen atoms in total. The summed E-state index contributed by atoms with van der Waals surface area (Å²) in [4.78, 5) is 18.8. The van der Waals surface area contributed by atoms with Gasteiger partial charge in [0.25, 0.3) is 5.91 Å². The Hall–Kier alpha value is -1.91. The fourth-order valence-electron chi connectivity index (χ4n) is 3.63. The number of thiophene rings is 1. The Morgan fingerprint density at radius 2 is 1.85 bits per heavy atom. The van der Waals surface area contributed by atoms with Gasteiger partial charge in [-0.25, -0.2) is 4.98 Å². The molecular weight excluding hydrogens is 364 g/mol. The number of aromatic nitrogens is 1. The van der Waals surface area contributed by atoms with Gasteiger partial charge in [0.05, 0.1) is 26.0 Å². The van der Waals surface area contributed by atoms with E-state index in [2.05, 4.69) is 5.32 Å². The first-order valence-corrected chi connectivity index (χ1v) is 10.4. The summed E-state index contributed by atoms with van der Waals surface area (Å²) in [6.07, 6.45) is 7.08. The van der Waals surface area contributed by atoms with Gasteiger partial charge in [0.1, 0.15) is 0 Å². The van der Waals surface area contributed by atoms with Gasteiger partial charge in [-0.05, 0) is 37.1 Å². The van der Waals surface area contributed by atoms with Crippen LogP contribution in [-0.4, -0.2) is 16.9 Å². The van der Waals surface area contributed by atoms with Gasteiger partial charge in [0.2, 0.25) is 0 Å². The zero-order chi connectivity index (χ0) is 17.9. The third-order valence-corrected chi connectivity index (χ3v) is 6.23. The van der Waals surface area contributed by atoms with Gasteiger partial charge in [0.15, 0.2) is 0 Å². The first kappa shape index (κ1) is 17.5. The molecule has 134 valence electrons. The van der Waals surface area contributed by atoms with Crippen LogP contribution in [0.1, 0.15) is 48.9 Å². The van der Waals surface area contributed by atoms with E-state index in [1.54, 1.807) is 0 Å². The van der Waals surface area contributed by atoms with Crippen molar-refractivity contribution in [1.82, 2.24) is 10.3 Å². The summed E-state index contributed by atoms with van der Waals surface area (Å²) in [5.74, 6) is -0.000553. The number of pyridine rings is 1. The molecule has 1 saturated carbocycles. The molecule has 0 bridgehead atoms. The molecular formula is C21H21ClN2OS. The summed E-state index contributed by atoms with van der Waals surface area (Å²) in [6, 6.07) is 13.8. The van der Waals surface area contributed by atoms with Crippen molar-refractivity contribution >= 4 is 39.7 Å². The molecule has 0 unspecified atom stereocenters. The van der Waals surface area contributed by atoms with Gasteiger partial charge < -0.3 is 5.32 Å². The van der Waals surface area contributed by atoms with Gasteiger partial charge >= 0.3 is 0 Å². The molecule has 0 aliphatic heterocycles. The van der Waals surface area contributed by atoms with Crippen molar-refractivity contribution in [3.63, 3.8) is 0 Å². The summed E-state index contributed by atoms with van der Waals surface area (Å²) < 4.78 is 0.722. The van der Waals surface area contributed by atoms with E-state index in [-0.39, 0.29) is 11.9 Å². The predicted octanol–water partition coefficient (Wildman–Crippen LogP) is 6.07. The van der Waals surface area contributed by atoms with E-state index in [1.165, 1.54) is 37.0 Å². The lowest BCUT2D eigenvalue weighted by molar-refractivity contribution is 0.0935. The number of hydrogen-bond donors (Lipinski definition) is 1. The Bertz CT molecular complexity index is 929. The number of rotatable bonds is 3. The van der Waals surface area contributed by atoms with E-state index in [9.17, 15) is 4.79 Å². The fraction of sp³-hybridized carbons (Fsp3) is 0.333. The topological polar surface area (TPSA) is 42.0 Å². The highest BCUT2D eigenvalue weighted by Crippen LogP contribution is 2.32. The van der Waals surface area contributed by atoms with E-state index in [4.69, 9.17) is 16.6 Å². The zero-order valence-corrected chi connectivity index (χ0v) is 16.1. The third-order valence-electron chi connectivity index (χ3n) is 4.98. The van der Waals surface area contributed by atoms with Gasteiger partial charge in [-0.3, -0.25) is 4.79 Å². The number of para-hydroxylation sites is 1. The number of halogens is 1. The standard InChI is InChI=1S/C21H21ClN2OS/c22-20-12-11-19(26-20)18-13-16(15-9-5-6-10-17(15)24-18)21(25)23-14-7-3-1-2-4-8-14/h5-6,9-14H,1-4,7-8H2,(H,23,25). The van der Waals surface area contributed by atoms with Crippen LogP contribution in [0.25, 0.3) is 21.5 Å². The molecule has 0 radical (unpaired) electrons. The van der Waals surface area contributed by atoms with Crippen LogP contribution in [0, 0.1) is 0 Å². The number of amides is 1. The molecule has 2 heterocycles. The monoisotopic (exact) mass is 384 g/mol. The lowest BCUT2D eigenvalue weighted by atomic mass is 10.0. The van der Waals surface area contributed by atoms with Crippen LogP contribution in [0.3, 0.4) is 0 Å². The minimum absolute atomic E-state index is 0.000553. The molecule has 26 heavy (non-hydrogen) atoms. The molecule has 0 saturated heterocycles. The van der Waals surface area contributed by atoms with Crippen LogP contribution in [0.15, 0.2) is 42.5 Å². The lowest BCUT2D eigenvalue weighted by Gasteiger charge is -2.17. The lowest BCUT2D eigenvalue weighted by Crippen LogP contribution is -2.34. The highest BCUT2D eigenvalue weighted by Gasteiger charge is 2.19. The van der Waals surface area contributed by atoms with E-state index in [0.717, 1.165) is 38.7 Å². The highest BCUT2D eigenvalue weighted by atomic mass is 35.5. The van der Waals surface area contributed by atoms with E-state index < -0.39 is 0 Å². The molecule has 1 N–H and O–H groups in total. The second-order valence-corrected chi connectivity index (χ2v) is 8.55. The Morgan fingerprint density at radius 3 is 2.58 bits per heavy atom. The molecule has 0 atom stereocenters. The van der Waals surface area contributed by atoms with Crippen LogP contribution in [0.4, 0.5) is 0 Å². The second-order valence-electron chi connectivity index (χ2n) is 6.84. The summed E-state index contributed by atoms with van der Waals surface area (Å²) in [5, 5.41) is 4.16. The van der Waals surface area contributed by atoms with Crippen molar-refractivity contribution in [2.45, 2.75) is 44.6 Å². The minimum Gasteiger partial charge on any atom is -0.349 e. The van der Waals surface area contributed by atoms with Gasteiger partial charge in [-0.2, -0.15) is 0 Å². The molecule has 2 aromatic heterocycles. The maximum absolute atomic E-state index is 13.1. The minimum atomic E-state index is -0.000553. The van der Waals surface area contributed by atoms with E-state index in [1.807, 2.05) is 42.5 Å². The van der Waals surface area contributed by atoms with Crippen LogP contribution in [0.2, 0.25) is 4.34 Å². The Balaban J connectivity index is 1.71. The van der Waals surface area contributed by atoms with Gasteiger partial charge in [-0.1, -0.05) is 55.5 Å². The number of carbonyl (C=O) groups is 1. The van der Waals surface area contributed by atoms with Crippen molar-refractivity contribution < 1.29 is 4.79 Å². The normalized spacial score (nSPS) is 15.7. The number of fused-ring (bicyclic) bond motifs is 1. The van der Waals surface area contributed by atoms with Crippen molar-refractivity contribution in [2.24, 2.45) is 0 Å². The van der Waals surface area contributed by atoms with Crippen LogP contribution < -0.4 is 5.32 Å². The van der Waals surface area contributed by atoms with Crippen LogP contribution in [0.5, 0.6) is 0 Å². The summed E-state index contributed by atoms with van der Waals surface area (Å²) in [7, 11) is 0. The van der Waals surface area contributed by atoms with E-state index in [0.29, 0.717) is 5.56 Å². The highest BCUT2D eigenvalue weighted by molar-refractivity contribution is 7.19. The summed E-state index contributed by atoms with van der Waals surface area (Å²) >= 11 is 7.57. The molecule has 0 spiro atoms. The predicted molar refractivity (Wildman–Crippen MR) is 109 cm³/mol. The number of carbonyl (C=O) groups excluding carboxylic acids is 1. The zero-order valence-electron chi connectivity index (χ0n) is 14.5. The fourth-order valence-corrected chi connectivity index (χ4v) is 4.63. The third kappa shape index (κ3) is 3.76. The van der Waals surface area contributed by atoms with Crippen LogP contribution >= 0.6 is 22.9 Å². The maximum Gasteiger partial charge on any atom is 0.252 e. The Morgan fingerprint density at radius 1 is 1.08 bits per heavy atom. The first-order chi connectivity index (χ1) is 12.7. The quantitative estimate of drug-likeness (QED) is 0.557. The van der Waals surface area contributed by atoms with Gasteiger partial charge in [-0.15, -0.1) is 11.3 Å².